The molecule has 0 saturated carbocycles. The molecule has 15 heavy (non-hydrogen) atoms. The number of allylic oxidation sites excluding steroid dienone is 1. The summed E-state index contributed by atoms with van der Waals surface area (Å²) >= 11 is 0. The minimum Gasteiger partial charge on any atom is -0.389 e. The molecule has 0 spiro atoms. The van der Waals surface area contributed by atoms with Crippen molar-refractivity contribution in [1.82, 2.24) is 0 Å². The summed E-state index contributed by atoms with van der Waals surface area (Å²) in [4.78, 5) is 11.4. The van der Waals surface area contributed by atoms with E-state index >= 15 is 0 Å². The van der Waals surface area contributed by atoms with Crippen LogP contribution in [-0.4, -0.2) is 17.0 Å². The van der Waals surface area contributed by atoms with Gasteiger partial charge in [-0.1, -0.05) is 33.6 Å². The van der Waals surface area contributed by atoms with Crippen LogP contribution in [0.1, 0.15) is 59.3 Å². The summed E-state index contributed by atoms with van der Waals surface area (Å²) in [5.41, 5.74) is 0.915. The highest BCUT2D eigenvalue weighted by Crippen LogP contribution is 2.15. The lowest BCUT2D eigenvalue weighted by Gasteiger charge is -2.13. The van der Waals surface area contributed by atoms with Gasteiger partial charge in [-0.05, 0) is 30.9 Å². The standard InChI is InChI=1S/C13H24O2/c1-4-7-11(13(15)9-6-3)10-12(14)8-5-2/h10,13,15H,4-9H2,1-3H3. The molecule has 0 aliphatic heterocycles. The zero-order chi connectivity index (χ0) is 11.7. The number of hydrogen-bond acceptors (Lipinski definition) is 2. The quantitative estimate of drug-likeness (QED) is 0.627. The summed E-state index contributed by atoms with van der Waals surface area (Å²) < 4.78 is 0. The molecular formula is C13H24O2. The van der Waals surface area contributed by atoms with E-state index in [0.29, 0.717) is 6.42 Å². The molecule has 1 atom stereocenters. The number of carbonyl (C=O) groups excluding carboxylic acids is 1. The molecular weight excluding hydrogens is 188 g/mol. The van der Waals surface area contributed by atoms with Crippen molar-refractivity contribution in [1.29, 1.82) is 0 Å². The molecule has 0 heterocycles. The van der Waals surface area contributed by atoms with Gasteiger partial charge in [0.2, 0.25) is 0 Å². The molecule has 0 aromatic carbocycles. The van der Waals surface area contributed by atoms with Crippen LogP contribution in [0.3, 0.4) is 0 Å². The normalized spacial score (nSPS) is 14.0. The molecule has 1 N–H and O–H groups in total. The Morgan fingerprint density at radius 3 is 2.20 bits per heavy atom. The average molecular weight is 212 g/mol. The Labute approximate surface area is 93.4 Å². The van der Waals surface area contributed by atoms with E-state index in [9.17, 15) is 9.90 Å². The van der Waals surface area contributed by atoms with E-state index in [1.165, 1.54) is 0 Å². The van der Waals surface area contributed by atoms with Crippen LogP contribution in [0.25, 0.3) is 0 Å². The lowest BCUT2D eigenvalue weighted by atomic mass is 9.99. The zero-order valence-corrected chi connectivity index (χ0v) is 10.3. The fourth-order valence-corrected chi connectivity index (χ4v) is 1.61. The Bertz CT molecular complexity index is 207. The van der Waals surface area contributed by atoms with Crippen molar-refractivity contribution in [3.63, 3.8) is 0 Å². The molecule has 1 unspecified atom stereocenters. The third kappa shape index (κ3) is 6.45. The molecule has 0 radical (unpaired) electrons. The number of carbonyl (C=O) groups is 1. The minimum absolute atomic E-state index is 0.149. The van der Waals surface area contributed by atoms with Crippen molar-refractivity contribution in [2.75, 3.05) is 0 Å². The molecule has 2 nitrogen and oxygen atoms in total. The smallest absolute Gasteiger partial charge is 0.155 e. The monoisotopic (exact) mass is 212 g/mol. The molecule has 0 fully saturated rings. The highest BCUT2D eigenvalue weighted by atomic mass is 16.3. The Kier molecular flexibility index (Phi) is 8.30. The van der Waals surface area contributed by atoms with E-state index in [2.05, 4.69) is 6.92 Å². The molecule has 88 valence electrons. The Morgan fingerprint density at radius 2 is 1.73 bits per heavy atom. The van der Waals surface area contributed by atoms with E-state index in [-0.39, 0.29) is 5.78 Å². The molecule has 0 bridgehead atoms. The van der Waals surface area contributed by atoms with Crippen LogP contribution in [0, 0.1) is 0 Å². The summed E-state index contributed by atoms with van der Waals surface area (Å²) in [5, 5.41) is 9.84. The maximum absolute atomic E-state index is 11.4. The van der Waals surface area contributed by atoms with Crippen molar-refractivity contribution >= 4 is 5.78 Å². The van der Waals surface area contributed by atoms with Gasteiger partial charge in [0, 0.05) is 6.42 Å². The number of aliphatic hydroxyl groups excluding tert-OH is 1. The predicted molar refractivity (Wildman–Crippen MR) is 63.8 cm³/mol. The van der Waals surface area contributed by atoms with Gasteiger partial charge in [-0.15, -0.1) is 0 Å². The van der Waals surface area contributed by atoms with Crippen LogP contribution in [0.5, 0.6) is 0 Å². The van der Waals surface area contributed by atoms with Gasteiger partial charge in [0.25, 0.3) is 0 Å². The third-order valence-corrected chi connectivity index (χ3v) is 2.37. The van der Waals surface area contributed by atoms with Crippen LogP contribution >= 0.6 is 0 Å². The lowest BCUT2D eigenvalue weighted by molar-refractivity contribution is -0.114. The van der Waals surface area contributed by atoms with Crippen LogP contribution in [-0.2, 0) is 4.79 Å². The van der Waals surface area contributed by atoms with Gasteiger partial charge in [0.15, 0.2) is 5.78 Å². The second-order valence-corrected chi connectivity index (χ2v) is 3.99. The molecule has 0 rings (SSSR count). The number of ketones is 1. The molecule has 0 aromatic heterocycles. The van der Waals surface area contributed by atoms with E-state index in [4.69, 9.17) is 0 Å². The molecule has 0 aliphatic carbocycles. The topological polar surface area (TPSA) is 37.3 Å². The van der Waals surface area contributed by atoms with E-state index < -0.39 is 6.10 Å². The SMILES string of the molecule is CCCC(=O)C=C(CCC)C(O)CCC. The maximum atomic E-state index is 11.4. The molecule has 0 amide bonds. The maximum Gasteiger partial charge on any atom is 0.155 e. The van der Waals surface area contributed by atoms with Crippen molar-refractivity contribution in [3.05, 3.63) is 11.6 Å². The van der Waals surface area contributed by atoms with Gasteiger partial charge in [0.05, 0.1) is 6.10 Å². The largest absolute Gasteiger partial charge is 0.389 e. The fourth-order valence-electron chi connectivity index (χ4n) is 1.61. The zero-order valence-electron chi connectivity index (χ0n) is 10.3. The first-order valence-corrected chi connectivity index (χ1v) is 6.07. The van der Waals surface area contributed by atoms with Crippen LogP contribution in [0.2, 0.25) is 0 Å². The second kappa shape index (κ2) is 8.66. The van der Waals surface area contributed by atoms with E-state index in [1.54, 1.807) is 6.08 Å². The Morgan fingerprint density at radius 1 is 1.13 bits per heavy atom. The van der Waals surface area contributed by atoms with Gasteiger partial charge < -0.3 is 5.11 Å². The van der Waals surface area contributed by atoms with Crippen LogP contribution < -0.4 is 0 Å². The van der Waals surface area contributed by atoms with Gasteiger partial charge in [-0.3, -0.25) is 4.79 Å². The fraction of sp³-hybridized carbons (Fsp3) is 0.769. The molecule has 0 aliphatic rings. The highest BCUT2D eigenvalue weighted by molar-refractivity contribution is 5.90. The number of hydrogen-bond donors (Lipinski definition) is 1. The van der Waals surface area contributed by atoms with E-state index in [1.807, 2.05) is 13.8 Å². The third-order valence-electron chi connectivity index (χ3n) is 2.37. The van der Waals surface area contributed by atoms with Crippen molar-refractivity contribution in [2.24, 2.45) is 0 Å². The van der Waals surface area contributed by atoms with E-state index in [0.717, 1.165) is 37.7 Å². The Hall–Kier alpha value is -0.630. The summed E-state index contributed by atoms with van der Waals surface area (Å²) in [6.45, 7) is 6.10. The van der Waals surface area contributed by atoms with Crippen LogP contribution in [0.4, 0.5) is 0 Å². The van der Waals surface area contributed by atoms with Crippen molar-refractivity contribution in [2.45, 2.75) is 65.4 Å². The predicted octanol–water partition coefficient (Wildman–Crippen LogP) is 3.24. The summed E-state index contributed by atoms with van der Waals surface area (Å²) in [5.74, 6) is 0.149. The second-order valence-electron chi connectivity index (χ2n) is 3.99. The Balaban J connectivity index is 4.41. The average Bonchev–Trinajstić information content (AvgIpc) is 2.18. The van der Waals surface area contributed by atoms with Gasteiger partial charge >= 0.3 is 0 Å². The number of aliphatic hydroxyl groups is 1. The molecule has 0 aromatic rings. The lowest BCUT2D eigenvalue weighted by Crippen LogP contribution is -2.11. The summed E-state index contributed by atoms with van der Waals surface area (Å²) in [6, 6.07) is 0. The van der Waals surface area contributed by atoms with Crippen molar-refractivity contribution < 1.29 is 9.90 Å². The first kappa shape index (κ1) is 14.4. The first-order chi connectivity index (χ1) is 7.15. The minimum atomic E-state index is -0.421. The van der Waals surface area contributed by atoms with Crippen LogP contribution in [0.15, 0.2) is 11.6 Å². The van der Waals surface area contributed by atoms with Crippen molar-refractivity contribution in [3.8, 4) is 0 Å². The first-order valence-electron chi connectivity index (χ1n) is 6.07. The highest BCUT2D eigenvalue weighted by Gasteiger charge is 2.10. The molecule has 2 heteroatoms. The summed E-state index contributed by atoms with van der Waals surface area (Å²) in [7, 11) is 0. The van der Waals surface area contributed by atoms with Gasteiger partial charge in [-0.2, -0.15) is 0 Å². The van der Waals surface area contributed by atoms with Gasteiger partial charge in [0.1, 0.15) is 0 Å². The number of rotatable bonds is 8. The molecule has 0 saturated heterocycles. The summed E-state index contributed by atoms with van der Waals surface area (Å²) in [6.07, 6.45) is 6.21. The van der Waals surface area contributed by atoms with Gasteiger partial charge in [-0.25, -0.2) is 0 Å².